The van der Waals surface area contributed by atoms with Crippen LogP contribution in [0, 0.1) is 0 Å². The molecule has 0 bridgehead atoms. The number of nitrogens with zero attached hydrogens (tertiary/aromatic N) is 4. The number of hydrogen-bond donors (Lipinski definition) is 4. The monoisotopic (exact) mass is 268 g/mol. The summed E-state index contributed by atoms with van der Waals surface area (Å²) in [4.78, 5) is 11.9. The number of anilines is 1. The molecule has 19 heavy (non-hydrogen) atoms. The molecule has 3 heterocycles. The minimum Gasteiger partial charge on any atom is -0.394 e. The third-order valence-electron chi connectivity index (χ3n) is 3.18. The van der Waals surface area contributed by atoms with Crippen LogP contribution in [-0.4, -0.2) is 59.8 Å². The molecule has 3 rings (SSSR count). The smallest absolute Gasteiger partial charge is 0.167 e. The summed E-state index contributed by atoms with van der Waals surface area (Å²) in [6.45, 7) is -0.390. The highest BCUT2D eigenvalue weighted by molar-refractivity contribution is 5.81. The highest BCUT2D eigenvalue weighted by Gasteiger charge is 2.43. The van der Waals surface area contributed by atoms with Crippen LogP contribution in [0.2, 0.25) is 0 Å². The lowest BCUT2D eigenvalue weighted by Crippen LogP contribution is -2.33. The molecule has 2 aromatic rings. The summed E-state index contributed by atoms with van der Waals surface area (Å²) in [6, 6.07) is 0. The molecule has 4 atom stereocenters. The van der Waals surface area contributed by atoms with E-state index in [9.17, 15) is 10.2 Å². The first-order valence-corrected chi connectivity index (χ1v) is 5.69. The van der Waals surface area contributed by atoms with E-state index >= 15 is 0 Å². The lowest BCUT2D eigenvalue weighted by molar-refractivity contribution is -0.0511. The number of hydrogen-bond acceptors (Lipinski definition) is 8. The van der Waals surface area contributed by atoms with Crippen LogP contribution in [0.5, 0.6) is 0 Å². The van der Waals surface area contributed by atoms with E-state index in [0.29, 0.717) is 11.2 Å². The Kier molecular flexibility index (Phi) is 2.82. The first kappa shape index (κ1) is 12.2. The van der Waals surface area contributed by atoms with Gasteiger partial charge in [-0.1, -0.05) is 0 Å². The maximum atomic E-state index is 9.95. The van der Waals surface area contributed by atoms with Crippen molar-refractivity contribution in [2.24, 2.45) is 0 Å². The summed E-state index contributed by atoms with van der Waals surface area (Å²) < 4.78 is 6.85. The summed E-state index contributed by atoms with van der Waals surface area (Å²) in [5.74, 6) is 0.218. The van der Waals surface area contributed by atoms with Crippen molar-refractivity contribution in [1.29, 1.82) is 0 Å². The van der Waals surface area contributed by atoms with Crippen molar-refractivity contribution in [2.75, 3.05) is 12.3 Å². The molecule has 102 valence electrons. The first-order chi connectivity index (χ1) is 9.13. The van der Waals surface area contributed by atoms with Crippen molar-refractivity contribution in [3.05, 3.63) is 12.7 Å². The van der Waals surface area contributed by atoms with Crippen LogP contribution in [0.1, 0.15) is 6.23 Å². The molecule has 0 radical (unpaired) electrons. The number of aliphatic hydroxyl groups is 3. The van der Waals surface area contributed by atoms with Crippen LogP contribution in [0.25, 0.3) is 11.2 Å². The second-order valence-electron chi connectivity index (χ2n) is 4.31. The summed E-state index contributed by atoms with van der Waals surface area (Å²) in [6.07, 6.45) is -1.42. The van der Waals surface area contributed by atoms with Crippen molar-refractivity contribution in [3.63, 3.8) is 0 Å². The molecule has 0 aromatic carbocycles. The van der Waals surface area contributed by atoms with Gasteiger partial charge in [-0.2, -0.15) is 0 Å². The van der Waals surface area contributed by atoms with Crippen LogP contribution < -0.4 is 5.73 Å². The van der Waals surface area contributed by atoms with E-state index < -0.39 is 31.1 Å². The summed E-state index contributed by atoms with van der Waals surface area (Å²) >= 11 is 0. The summed E-state index contributed by atoms with van der Waals surface area (Å²) in [5.41, 5.74) is 6.44. The second kappa shape index (κ2) is 4.38. The number of aliphatic hydroxyl groups excluding tert-OH is 3. The Bertz CT molecular complexity index is 603. The van der Waals surface area contributed by atoms with Gasteiger partial charge in [-0.3, -0.25) is 4.57 Å². The molecule has 9 nitrogen and oxygen atoms in total. The minimum absolute atomic E-state index is 0.218. The predicted octanol–water partition coefficient (Wildman–Crippen LogP) is -1.98. The van der Waals surface area contributed by atoms with Crippen molar-refractivity contribution in [1.82, 2.24) is 19.5 Å². The van der Waals surface area contributed by atoms with Crippen molar-refractivity contribution < 1.29 is 20.1 Å². The zero-order valence-electron chi connectivity index (χ0n) is 9.79. The largest absolute Gasteiger partial charge is 0.394 e. The molecule has 9 heteroatoms. The SMILES string of the molecule is Nc1ncnc2c1ncn2[13C@@H]1O[C@H](CO)[C@@H](O)[C@H]1O. The third kappa shape index (κ3) is 1.75. The molecule has 2 aromatic heterocycles. The third-order valence-corrected chi connectivity index (χ3v) is 3.18. The number of nitrogens with two attached hydrogens (primary N) is 1. The molecule has 1 saturated heterocycles. The van der Waals surface area contributed by atoms with Crippen molar-refractivity contribution in [2.45, 2.75) is 24.5 Å². The number of imidazole rings is 1. The van der Waals surface area contributed by atoms with Gasteiger partial charge in [0.05, 0.1) is 12.9 Å². The Morgan fingerprint density at radius 3 is 2.74 bits per heavy atom. The van der Waals surface area contributed by atoms with Gasteiger partial charge >= 0.3 is 0 Å². The molecule has 0 aliphatic carbocycles. The fourth-order valence-corrected chi connectivity index (χ4v) is 2.17. The van der Waals surface area contributed by atoms with Crippen LogP contribution in [0.15, 0.2) is 12.7 Å². The number of rotatable bonds is 2. The van der Waals surface area contributed by atoms with Gasteiger partial charge in [0.1, 0.15) is 30.2 Å². The Balaban J connectivity index is 2.04. The zero-order valence-corrected chi connectivity index (χ0v) is 9.79. The van der Waals surface area contributed by atoms with Gasteiger partial charge in [-0.25, -0.2) is 15.0 Å². The van der Waals surface area contributed by atoms with Gasteiger partial charge in [0.2, 0.25) is 0 Å². The highest BCUT2D eigenvalue weighted by Crippen LogP contribution is 2.31. The molecule has 1 fully saturated rings. The molecule has 0 saturated carbocycles. The Hall–Kier alpha value is -1.81. The minimum atomic E-state index is -1.19. The lowest BCUT2D eigenvalue weighted by atomic mass is 10.2. The van der Waals surface area contributed by atoms with Crippen LogP contribution in [0.4, 0.5) is 5.82 Å². The van der Waals surface area contributed by atoms with E-state index in [1.807, 2.05) is 0 Å². The molecule has 5 N–H and O–H groups in total. The number of nitrogen functional groups attached to an aromatic ring is 1. The predicted molar refractivity (Wildman–Crippen MR) is 62.7 cm³/mol. The average Bonchev–Trinajstić information content (AvgIpc) is 2.94. The molecule has 0 spiro atoms. The molecular weight excluding hydrogens is 255 g/mol. The van der Waals surface area contributed by atoms with Crippen molar-refractivity contribution in [3.8, 4) is 0 Å². The molecule has 0 amide bonds. The standard InChI is InChI=1S/C10H13N5O4/c11-8-5-9(13-2-12-8)15(3-14-5)10-7(18)6(17)4(1-16)19-10/h2-4,6-7,10,16-18H,1H2,(H2,11,12,13)/t4-,6-,7-,10-/m1/s1/i10+1. The van der Waals surface area contributed by atoms with Gasteiger partial charge in [-0.15, -0.1) is 0 Å². The van der Waals surface area contributed by atoms with E-state index in [1.54, 1.807) is 0 Å². The Morgan fingerprint density at radius 1 is 1.26 bits per heavy atom. The van der Waals surface area contributed by atoms with E-state index in [1.165, 1.54) is 17.2 Å². The number of fused-ring (bicyclic) bond motifs is 1. The molecule has 1 aliphatic rings. The van der Waals surface area contributed by atoms with Crippen LogP contribution in [-0.2, 0) is 4.74 Å². The van der Waals surface area contributed by atoms with Crippen LogP contribution in [0.3, 0.4) is 0 Å². The van der Waals surface area contributed by atoms with E-state index in [0.717, 1.165) is 0 Å². The molecule has 0 unspecified atom stereocenters. The number of aromatic nitrogens is 4. The topological polar surface area (TPSA) is 140 Å². The fraction of sp³-hybridized carbons (Fsp3) is 0.500. The zero-order chi connectivity index (χ0) is 13.6. The Labute approximate surface area is 107 Å². The number of ether oxygens (including phenoxy) is 1. The Morgan fingerprint density at radius 2 is 2.05 bits per heavy atom. The maximum absolute atomic E-state index is 9.95. The van der Waals surface area contributed by atoms with E-state index in [-0.39, 0.29) is 5.82 Å². The molecule has 1 aliphatic heterocycles. The lowest BCUT2D eigenvalue weighted by Gasteiger charge is -2.16. The highest BCUT2D eigenvalue weighted by atomic mass is 16.6. The average molecular weight is 268 g/mol. The maximum Gasteiger partial charge on any atom is 0.167 e. The first-order valence-electron chi connectivity index (χ1n) is 5.69. The van der Waals surface area contributed by atoms with E-state index in [2.05, 4.69) is 15.0 Å². The van der Waals surface area contributed by atoms with Gasteiger partial charge in [0.15, 0.2) is 17.7 Å². The summed E-state index contributed by atoms with van der Waals surface area (Å²) in [5, 5.41) is 28.7. The van der Waals surface area contributed by atoms with Gasteiger partial charge < -0.3 is 25.8 Å². The van der Waals surface area contributed by atoms with Crippen molar-refractivity contribution >= 4 is 17.0 Å². The normalized spacial score (nSPS) is 31.1. The fourth-order valence-electron chi connectivity index (χ4n) is 2.17. The molecular formula is C10H13N5O4. The second-order valence-corrected chi connectivity index (χ2v) is 4.31. The van der Waals surface area contributed by atoms with Gasteiger partial charge in [-0.05, 0) is 0 Å². The van der Waals surface area contributed by atoms with Crippen LogP contribution >= 0.6 is 0 Å². The van der Waals surface area contributed by atoms with E-state index in [4.69, 9.17) is 15.6 Å². The van der Waals surface area contributed by atoms with Gasteiger partial charge in [0, 0.05) is 0 Å². The van der Waals surface area contributed by atoms with Gasteiger partial charge in [0.25, 0.3) is 0 Å². The quantitative estimate of drug-likeness (QED) is 0.459. The summed E-state index contributed by atoms with van der Waals surface area (Å²) in [7, 11) is 0.